The number of anilines is 1. The molecule has 1 fully saturated rings. The minimum Gasteiger partial charge on any atom is -0.399 e. The maximum absolute atomic E-state index is 11.6. The van der Waals surface area contributed by atoms with E-state index in [-0.39, 0.29) is 5.25 Å². The van der Waals surface area contributed by atoms with E-state index in [2.05, 4.69) is 0 Å². The van der Waals surface area contributed by atoms with Gasteiger partial charge in [0.15, 0.2) is 0 Å². The minimum absolute atomic E-state index is 0.169. The molecule has 0 radical (unpaired) electrons. The van der Waals surface area contributed by atoms with Gasteiger partial charge < -0.3 is 5.73 Å². The highest BCUT2D eigenvalue weighted by atomic mass is 32.2. The molecule has 15 heavy (non-hydrogen) atoms. The molecule has 0 bridgehead atoms. The minimum atomic E-state index is 0.169. The van der Waals surface area contributed by atoms with Crippen LogP contribution >= 0.6 is 11.8 Å². The number of carbonyl (C=O) groups is 1. The molecule has 0 spiro atoms. The molecule has 0 heterocycles. The molecule has 1 aromatic rings. The van der Waals surface area contributed by atoms with Gasteiger partial charge in [0.2, 0.25) is 0 Å². The van der Waals surface area contributed by atoms with Crippen molar-refractivity contribution in [1.29, 1.82) is 0 Å². The van der Waals surface area contributed by atoms with E-state index >= 15 is 0 Å². The number of nitrogens with two attached hydrogens (primary N) is 1. The summed E-state index contributed by atoms with van der Waals surface area (Å²) in [6.07, 6.45) is 4.02. The molecular weight excluding hydrogens is 206 g/mol. The van der Waals surface area contributed by atoms with Gasteiger partial charge in [0, 0.05) is 17.0 Å². The highest BCUT2D eigenvalue weighted by Gasteiger charge is 2.22. The molecule has 1 saturated carbocycles. The Balaban J connectivity index is 2.01. The Bertz CT molecular complexity index is 347. The lowest BCUT2D eigenvalue weighted by atomic mass is 9.99. The van der Waals surface area contributed by atoms with Gasteiger partial charge >= 0.3 is 0 Å². The van der Waals surface area contributed by atoms with Gasteiger partial charge in [0.05, 0.1) is 5.25 Å². The summed E-state index contributed by atoms with van der Waals surface area (Å²) in [5.74, 6) is 0.406. The zero-order valence-electron chi connectivity index (χ0n) is 8.61. The van der Waals surface area contributed by atoms with Gasteiger partial charge in [-0.1, -0.05) is 6.42 Å². The third kappa shape index (κ3) is 2.75. The summed E-state index contributed by atoms with van der Waals surface area (Å²) >= 11 is 1.68. The Hall–Kier alpha value is -0.960. The van der Waals surface area contributed by atoms with Crippen LogP contribution < -0.4 is 5.73 Å². The molecule has 2 N–H and O–H groups in total. The highest BCUT2D eigenvalue weighted by Crippen LogP contribution is 2.31. The van der Waals surface area contributed by atoms with Crippen LogP contribution in [-0.4, -0.2) is 11.0 Å². The van der Waals surface area contributed by atoms with Crippen molar-refractivity contribution in [2.45, 2.75) is 35.8 Å². The number of Topliss-reactive ketones (excluding diaryl/α,β-unsaturated/α-hetero) is 1. The molecule has 0 saturated heterocycles. The Labute approximate surface area is 94.2 Å². The molecular formula is C12H15NOS. The van der Waals surface area contributed by atoms with Crippen molar-refractivity contribution in [2.24, 2.45) is 0 Å². The van der Waals surface area contributed by atoms with Crippen molar-refractivity contribution in [2.75, 3.05) is 5.73 Å². The lowest BCUT2D eigenvalue weighted by Gasteiger charge is -2.19. The highest BCUT2D eigenvalue weighted by molar-refractivity contribution is 8.00. The normalized spacial score (nSPS) is 21.6. The quantitative estimate of drug-likeness (QED) is 0.781. The summed E-state index contributed by atoms with van der Waals surface area (Å²) in [5, 5.41) is 0.169. The lowest BCUT2D eigenvalue weighted by molar-refractivity contribution is -0.119. The topological polar surface area (TPSA) is 43.1 Å². The predicted molar refractivity (Wildman–Crippen MR) is 64.0 cm³/mol. The van der Waals surface area contributed by atoms with Gasteiger partial charge in [-0.2, -0.15) is 0 Å². The molecule has 2 nitrogen and oxygen atoms in total. The van der Waals surface area contributed by atoms with Crippen molar-refractivity contribution >= 4 is 23.2 Å². The fourth-order valence-corrected chi connectivity index (χ4v) is 2.94. The zero-order valence-corrected chi connectivity index (χ0v) is 9.43. The van der Waals surface area contributed by atoms with E-state index in [0.717, 1.165) is 29.8 Å². The van der Waals surface area contributed by atoms with Crippen LogP contribution in [0.4, 0.5) is 5.69 Å². The summed E-state index contributed by atoms with van der Waals surface area (Å²) in [5.41, 5.74) is 6.38. The van der Waals surface area contributed by atoms with Gasteiger partial charge in [0.25, 0.3) is 0 Å². The van der Waals surface area contributed by atoms with Crippen LogP contribution in [0.15, 0.2) is 29.2 Å². The first-order valence-electron chi connectivity index (χ1n) is 5.30. The molecule has 1 atom stereocenters. The molecule has 3 heteroatoms. The standard InChI is InChI=1S/C12H15NOS/c13-9-5-7-10(8-6-9)15-12-4-2-1-3-11(12)14/h5-8,12H,1-4,13H2. The van der Waals surface area contributed by atoms with Gasteiger partial charge in [-0.15, -0.1) is 11.8 Å². The molecule has 1 aromatic carbocycles. The SMILES string of the molecule is Nc1ccc(SC2CCCCC2=O)cc1. The fraction of sp³-hybridized carbons (Fsp3) is 0.417. The third-order valence-electron chi connectivity index (χ3n) is 2.66. The Morgan fingerprint density at radius 1 is 1.20 bits per heavy atom. The molecule has 1 unspecified atom stereocenters. The van der Waals surface area contributed by atoms with E-state index < -0.39 is 0 Å². The first kappa shape index (κ1) is 10.6. The predicted octanol–water partition coefficient (Wildman–Crippen LogP) is 2.87. The monoisotopic (exact) mass is 221 g/mol. The molecule has 0 aliphatic heterocycles. The molecule has 0 amide bonds. The summed E-state index contributed by atoms with van der Waals surface area (Å²) in [6, 6.07) is 7.75. The van der Waals surface area contributed by atoms with E-state index in [1.165, 1.54) is 6.42 Å². The van der Waals surface area contributed by atoms with Gasteiger partial charge in [-0.25, -0.2) is 0 Å². The average molecular weight is 221 g/mol. The van der Waals surface area contributed by atoms with E-state index in [1.807, 2.05) is 24.3 Å². The van der Waals surface area contributed by atoms with E-state index in [4.69, 9.17) is 5.73 Å². The second-order valence-electron chi connectivity index (χ2n) is 3.89. The summed E-state index contributed by atoms with van der Waals surface area (Å²) in [4.78, 5) is 12.8. The number of rotatable bonds is 2. The van der Waals surface area contributed by atoms with Crippen LogP contribution in [0.2, 0.25) is 0 Å². The molecule has 80 valence electrons. The van der Waals surface area contributed by atoms with Crippen molar-refractivity contribution < 1.29 is 4.79 Å². The largest absolute Gasteiger partial charge is 0.399 e. The fourth-order valence-electron chi connectivity index (χ4n) is 1.79. The van der Waals surface area contributed by atoms with Crippen LogP contribution in [0.5, 0.6) is 0 Å². The Kier molecular flexibility index (Phi) is 3.31. The van der Waals surface area contributed by atoms with E-state index in [1.54, 1.807) is 11.8 Å². The summed E-state index contributed by atoms with van der Waals surface area (Å²) in [6.45, 7) is 0. The van der Waals surface area contributed by atoms with Gasteiger partial charge in [-0.3, -0.25) is 4.79 Å². The van der Waals surface area contributed by atoms with Gasteiger partial charge in [0.1, 0.15) is 5.78 Å². The van der Waals surface area contributed by atoms with Crippen LogP contribution in [-0.2, 0) is 4.79 Å². The van der Waals surface area contributed by atoms with Crippen molar-refractivity contribution in [3.8, 4) is 0 Å². The summed E-state index contributed by atoms with van der Waals surface area (Å²) < 4.78 is 0. The van der Waals surface area contributed by atoms with Crippen molar-refractivity contribution in [3.05, 3.63) is 24.3 Å². The number of hydrogen-bond donors (Lipinski definition) is 1. The number of carbonyl (C=O) groups excluding carboxylic acids is 1. The van der Waals surface area contributed by atoms with E-state index in [9.17, 15) is 4.79 Å². The smallest absolute Gasteiger partial charge is 0.146 e. The van der Waals surface area contributed by atoms with Crippen LogP contribution in [0.1, 0.15) is 25.7 Å². The number of ketones is 1. The van der Waals surface area contributed by atoms with Crippen molar-refractivity contribution in [1.82, 2.24) is 0 Å². The van der Waals surface area contributed by atoms with E-state index in [0.29, 0.717) is 5.78 Å². The number of benzene rings is 1. The third-order valence-corrected chi connectivity index (χ3v) is 3.98. The lowest BCUT2D eigenvalue weighted by Crippen LogP contribution is -2.21. The number of thioether (sulfide) groups is 1. The van der Waals surface area contributed by atoms with Crippen LogP contribution in [0.3, 0.4) is 0 Å². The Morgan fingerprint density at radius 2 is 1.93 bits per heavy atom. The van der Waals surface area contributed by atoms with Crippen LogP contribution in [0.25, 0.3) is 0 Å². The first-order chi connectivity index (χ1) is 7.25. The molecule has 1 aliphatic carbocycles. The maximum atomic E-state index is 11.6. The molecule has 0 aromatic heterocycles. The maximum Gasteiger partial charge on any atom is 0.146 e. The molecule has 1 aliphatic rings. The second-order valence-corrected chi connectivity index (χ2v) is 5.16. The number of nitrogen functional groups attached to an aromatic ring is 1. The summed E-state index contributed by atoms with van der Waals surface area (Å²) in [7, 11) is 0. The van der Waals surface area contributed by atoms with Crippen molar-refractivity contribution in [3.63, 3.8) is 0 Å². The van der Waals surface area contributed by atoms with Crippen LogP contribution in [0, 0.1) is 0 Å². The molecule has 2 rings (SSSR count). The second kappa shape index (κ2) is 4.71. The van der Waals surface area contributed by atoms with Gasteiger partial charge in [-0.05, 0) is 37.1 Å². The first-order valence-corrected chi connectivity index (χ1v) is 6.18. The number of hydrogen-bond acceptors (Lipinski definition) is 3. The Morgan fingerprint density at radius 3 is 2.60 bits per heavy atom. The zero-order chi connectivity index (χ0) is 10.7. The average Bonchev–Trinajstić information content (AvgIpc) is 2.25.